The van der Waals surface area contributed by atoms with Gasteiger partial charge in [-0.15, -0.1) is 0 Å². The smallest absolute Gasteiger partial charge is 0.251 e. The standard InChI is InChI=1S/C23H26N2O3/c26-16-20-11-10-19(28-20)15-25-12-4-5-17(14-25)13-24-23(27)22-9-3-7-18-6-1-2-8-21(18)22/h1-3,6-11,17,26H,4-5,12-16H2,(H,24,27)/t17-/m0/s1. The molecule has 28 heavy (non-hydrogen) atoms. The number of carbonyl (C=O) groups is 1. The molecular formula is C23H26N2O3. The number of likely N-dealkylation sites (tertiary alicyclic amines) is 1. The zero-order valence-electron chi connectivity index (χ0n) is 15.9. The Balaban J connectivity index is 1.34. The van der Waals surface area contributed by atoms with Crippen LogP contribution in [0.15, 0.2) is 59.0 Å². The second-order valence-corrected chi connectivity index (χ2v) is 7.51. The third-order valence-corrected chi connectivity index (χ3v) is 5.44. The van der Waals surface area contributed by atoms with E-state index in [1.165, 1.54) is 0 Å². The average Bonchev–Trinajstić information content (AvgIpc) is 3.19. The molecule has 4 rings (SSSR count). The maximum Gasteiger partial charge on any atom is 0.251 e. The molecule has 146 valence electrons. The summed E-state index contributed by atoms with van der Waals surface area (Å²) in [6, 6.07) is 17.6. The van der Waals surface area contributed by atoms with E-state index in [2.05, 4.69) is 10.2 Å². The van der Waals surface area contributed by atoms with E-state index in [1.807, 2.05) is 54.6 Å². The van der Waals surface area contributed by atoms with Crippen LogP contribution in [0.25, 0.3) is 10.8 Å². The summed E-state index contributed by atoms with van der Waals surface area (Å²) in [6.45, 7) is 3.32. The van der Waals surface area contributed by atoms with Crippen molar-refractivity contribution in [2.24, 2.45) is 5.92 Å². The molecule has 2 heterocycles. The Morgan fingerprint density at radius 3 is 2.79 bits per heavy atom. The molecule has 1 aliphatic heterocycles. The number of nitrogens with one attached hydrogen (secondary N) is 1. The Labute approximate surface area is 165 Å². The number of benzene rings is 2. The molecule has 2 aromatic carbocycles. The van der Waals surface area contributed by atoms with Crippen molar-refractivity contribution in [3.8, 4) is 0 Å². The second kappa shape index (κ2) is 8.59. The van der Waals surface area contributed by atoms with Gasteiger partial charge < -0.3 is 14.8 Å². The molecule has 0 radical (unpaired) electrons. The lowest BCUT2D eigenvalue weighted by Gasteiger charge is -2.32. The van der Waals surface area contributed by atoms with Crippen LogP contribution in [0.5, 0.6) is 0 Å². The Hall–Kier alpha value is -2.63. The molecule has 1 fully saturated rings. The number of nitrogens with zero attached hydrogens (tertiary/aromatic N) is 1. The Morgan fingerprint density at radius 2 is 1.93 bits per heavy atom. The van der Waals surface area contributed by atoms with Gasteiger partial charge >= 0.3 is 0 Å². The predicted octanol–water partition coefficient (Wildman–Crippen LogP) is 3.57. The second-order valence-electron chi connectivity index (χ2n) is 7.51. The first-order valence-corrected chi connectivity index (χ1v) is 9.89. The van der Waals surface area contributed by atoms with E-state index in [9.17, 15) is 4.79 Å². The largest absolute Gasteiger partial charge is 0.462 e. The van der Waals surface area contributed by atoms with Crippen LogP contribution in [0.2, 0.25) is 0 Å². The number of aliphatic hydroxyl groups is 1. The fraction of sp³-hybridized carbons (Fsp3) is 0.348. The van der Waals surface area contributed by atoms with Crippen molar-refractivity contribution in [3.63, 3.8) is 0 Å². The van der Waals surface area contributed by atoms with E-state index in [0.29, 0.717) is 18.2 Å². The minimum absolute atomic E-state index is 0.00690. The van der Waals surface area contributed by atoms with Gasteiger partial charge in [-0.1, -0.05) is 36.4 Å². The molecule has 0 aliphatic carbocycles. The summed E-state index contributed by atoms with van der Waals surface area (Å²) in [7, 11) is 0. The zero-order chi connectivity index (χ0) is 19.3. The maximum atomic E-state index is 12.7. The van der Waals surface area contributed by atoms with Gasteiger partial charge in [0, 0.05) is 18.7 Å². The molecule has 0 spiro atoms. The Bertz CT molecular complexity index is 944. The first-order chi connectivity index (χ1) is 13.7. The molecular weight excluding hydrogens is 352 g/mol. The lowest BCUT2D eigenvalue weighted by atomic mass is 9.97. The van der Waals surface area contributed by atoms with Crippen LogP contribution in [-0.2, 0) is 13.2 Å². The molecule has 2 N–H and O–H groups in total. The van der Waals surface area contributed by atoms with Crippen LogP contribution in [0.1, 0.15) is 34.7 Å². The third-order valence-electron chi connectivity index (χ3n) is 5.44. The van der Waals surface area contributed by atoms with Crippen molar-refractivity contribution < 1.29 is 14.3 Å². The number of amides is 1. The molecule has 5 nitrogen and oxygen atoms in total. The monoisotopic (exact) mass is 378 g/mol. The van der Waals surface area contributed by atoms with E-state index >= 15 is 0 Å². The zero-order valence-corrected chi connectivity index (χ0v) is 15.9. The molecule has 1 atom stereocenters. The normalized spacial score (nSPS) is 17.7. The SMILES string of the molecule is O=C(NC[C@@H]1CCCN(Cc2ccc(CO)o2)C1)c1cccc2ccccc12. The van der Waals surface area contributed by atoms with Crippen LogP contribution >= 0.6 is 0 Å². The van der Waals surface area contributed by atoms with Crippen molar-refractivity contribution in [2.75, 3.05) is 19.6 Å². The molecule has 0 bridgehead atoms. The van der Waals surface area contributed by atoms with Gasteiger partial charge in [0.1, 0.15) is 18.1 Å². The lowest BCUT2D eigenvalue weighted by molar-refractivity contribution is 0.0929. The maximum absolute atomic E-state index is 12.7. The number of fused-ring (bicyclic) bond motifs is 1. The Morgan fingerprint density at radius 1 is 1.11 bits per heavy atom. The molecule has 1 aromatic heterocycles. The van der Waals surface area contributed by atoms with Crippen LogP contribution < -0.4 is 5.32 Å². The fourth-order valence-electron chi connectivity index (χ4n) is 4.03. The van der Waals surface area contributed by atoms with E-state index < -0.39 is 0 Å². The molecule has 1 aliphatic rings. The van der Waals surface area contributed by atoms with Crippen LogP contribution in [-0.4, -0.2) is 35.5 Å². The van der Waals surface area contributed by atoms with E-state index in [-0.39, 0.29) is 12.5 Å². The van der Waals surface area contributed by atoms with Gasteiger partial charge in [0.15, 0.2) is 0 Å². The van der Waals surface area contributed by atoms with E-state index in [0.717, 1.165) is 54.6 Å². The van der Waals surface area contributed by atoms with Gasteiger partial charge in [0.05, 0.1) is 6.54 Å². The van der Waals surface area contributed by atoms with Gasteiger partial charge in [-0.3, -0.25) is 9.69 Å². The highest BCUT2D eigenvalue weighted by Gasteiger charge is 2.22. The minimum atomic E-state index is -0.0666. The van der Waals surface area contributed by atoms with Crippen LogP contribution in [0.3, 0.4) is 0 Å². The quantitative estimate of drug-likeness (QED) is 0.688. The molecule has 0 saturated carbocycles. The summed E-state index contributed by atoms with van der Waals surface area (Å²) in [5, 5.41) is 14.3. The predicted molar refractivity (Wildman–Crippen MR) is 109 cm³/mol. The van der Waals surface area contributed by atoms with Crippen LogP contribution in [0.4, 0.5) is 0 Å². The molecule has 1 saturated heterocycles. The van der Waals surface area contributed by atoms with E-state index in [4.69, 9.17) is 9.52 Å². The van der Waals surface area contributed by atoms with Gasteiger partial charge in [-0.05, 0) is 54.3 Å². The van der Waals surface area contributed by atoms with Gasteiger partial charge in [0.2, 0.25) is 0 Å². The van der Waals surface area contributed by atoms with Crippen molar-refractivity contribution in [1.82, 2.24) is 10.2 Å². The highest BCUT2D eigenvalue weighted by molar-refractivity contribution is 6.06. The topological polar surface area (TPSA) is 65.7 Å². The first-order valence-electron chi connectivity index (χ1n) is 9.89. The number of piperidine rings is 1. The molecule has 3 aromatic rings. The average molecular weight is 378 g/mol. The number of hydrogen-bond acceptors (Lipinski definition) is 4. The van der Waals surface area contributed by atoms with Gasteiger partial charge in [-0.25, -0.2) is 0 Å². The number of hydrogen-bond donors (Lipinski definition) is 2. The van der Waals surface area contributed by atoms with Gasteiger partial charge in [-0.2, -0.15) is 0 Å². The number of rotatable bonds is 6. The van der Waals surface area contributed by atoms with Crippen molar-refractivity contribution in [3.05, 3.63) is 71.7 Å². The lowest BCUT2D eigenvalue weighted by Crippen LogP contribution is -2.40. The van der Waals surface area contributed by atoms with Crippen molar-refractivity contribution in [1.29, 1.82) is 0 Å². The summed E-state index contributed by atoms with van der Waals surface area (Å²) >= 11 is 0. The third kappa shape index (κ3) is 4.26. The summed E-state index contributed by atoms with van der Waals surface area (Å²) in [6.07, 6.45) is 2.23. The van der Waals surface area contributed by atoms with Gasteiger partial charge in [0.25, 0.3) is 5.91 Å². The first kappa shape index (κ1) is 18.7. The summed E-state index contributed by atoms with van der Waals surface area (Å²) in [5.41, 5.74) is 0.734. The number of carbonyl (C=O) groups excluding carboxylic acids is 1. The van der Waals surface area contributed by atoms with E-state index in [1.54, 1.807) is 0 Å². The molecule has 1 amide bonds. The summed E-state index contributed by atoms with van der Waals surface area (Å²) in [4.78, 5) is 15.1. The highest BCUT2D eigenvalue weighted by atomic mass is 16.4. The highest BCUT2D eigenvalue weighted by Crippen LogP contribution is 2.21. The fourth-order valence-corrected chi connectivity index (χ4v) is 4.03. The van der Waals surface area contributed by atoms with Crippen molar-refractivity contribution >= 4 is 16.7 Å². The van der Waals surface area contributed by atoms with Crippen LogP contribution in [0, 0.1) is 5.92 Å². The minimum Gasteiger partial charge on any atom is -0.462 e. The Kier molecular flexibility index (Phi) is 5.74. The molecule has 5 heteroatoms. The number of furan rings is 1. The number of aliphatic hydroxyl groups excluding tert-OH is 1. The summed E-state index contributed by atoms with van der Waals surface area (Å²) < 4.78 is 5.61. The summed E-state index contributed by atoms with van der Waals surface area (Å²) in [5.74, 6) is 1.91. The molecule has 0 unspecified atom stereocenters. The van der Waals surface area contributed by atoms with Crippen molar-refractivity contribution in [2.45, 2.75) is 26.0 Å².